The van der Waals surface area contributed by atoms with Crippen LogP contribution in [0.4, 0.5) is 0 Å². The summed E-state index contributed by atoms with van der Waals surface area (Å²) in [6, 6.07) is 5.58. The van der Waals surface area contributed by atoms with Crippen LogP contribution in [-0.2, 0) is 14.4 Å². The van der Waals surface area contributed by atoms with Gasteiger partial charge in [0.05, 0.1) is 5.56 Å². The third-order valence-electron chi connectivity index (χ3n) is 3.78. The summed E-state index contributed by atoms with van der Waals surface area (Å²) in [5.74, 6) is -8.24. The minimum Gasteiger partial charge on any atom is -0.481 e. The molecule has 24 heavy (non-hydrogen) atoms. The number of rotatable bonds is 5. The topological polar surface area (TPSA) is 149 Å². The summed E-state index contributed by atoms with van der Waals surface area (Å²) in [7, 11) is 0. The van der Waals surface area contributed by atoms with Crippen LogP contribution >= 0.6 is 0 Å². The van der Waals surface area contributed by atoms with Gasteiger partial charge in [-0.3, -0.25) is 14.4 Å². The second-order valence-electron chi connectivity index (χ2n) is 5.14. The van der Waals surface area contributed by atoms with Crippen molar-refractivity contribution in [2.75, 3.05) is 0 Å². The lowest BCUT2D eigenvalue weighted by molar-refractivity contribution is -0.169. The predicted molar refractivity (Wildman–Crippen MR) is 79.3 cm³/mol. The van der Waals surface area contributed by atoms with Crippen LogP contribution in [-0.4, -0.2) is 44.3 Å². The molecule has 1 aromatic rings. The van der Waals surface area contributed by atoms with Crippen LogP contribution in [0.15, 0.2) is 42.5 Å². The summed E-state index contributed by atoms with van der Waals surface area (Å²) in [5, 5.41) is 36.8. The Balaban J connectivity index is 2.57. The number of carbonyl (C=O) groups is 4. The van der Waals surface area contributed by atoms with Crippen molar-refractivity contribution in [2.45, 2.75) is 0 Å². The van der Waals surface area contributed by atoms with Crippen molar-refractivity contribution >= 4 is 29.5 Å². The minimum absolute atomic E-state index is 0.0398. The molecule has 1 aliphatic rings. The number of allylic oxidation sites excluding steroid dienone is 2. The van der Waals surface area contributed by atoms with E-state index in [4.69, 9.17) is 5.11 Å². The van der Waals surface area contributed by atoms with Crippen LogP contribution in [0.3, 0.4) is 0 Å². The predicted octanol–water partition coefficient (Wildman–Crippen LogP) is 1.19. The monoisotopic (exact) mass is 332 g/mol. The van der Waals surface area contributed by atoms with Crippen molar-refractivity contribution in [1.29, 1.82) is 0 Å². The molecule has 0 saturated carbocycles. The van der Waals surface area contributed by atoms with E-state index in [1.807, 2.05) is 0 Å². The third kappa shape index (κ3) is 2.65. The maximum atomic E-state index is 11.4. The highest BCUT2D eigenvalue weighted by Crippen LogP contribution is 2.39. The van der Waals surface area contributed by atoms with Gasteiger partial charge in [-0.15, -0.1) is 0 Å². The molecule has 4 N–H and O–H groups in total. The maximum Gasteiger partial charge on any atom is 0.335 e. The lowest BCUT2D eigenvalue weighted by Gasteiger charge is -2.29. The van der Waals surface area contributed by atoms with Crippen LogP contribution in [0.1, 0.15) is 15.9 Å². The Bertz CT molecular complexity index is 788. The summed E-state index contributed by atoms with van der Waals surface area (Å²) in [6.45, 7) is 0. The molecule has 8 nitrogen and oxygen atoms in total. The molecular weight excluding hydrogens is 320 g/mol. The van der Waals surface area contributed by atoms with Gasteiger partial charge in [-0.05, 0) is 23.3 Å². The van der Waals surface area contributed by atoms with E-state index in [2.05, 4.69) is 0 Å². The van der Waals surface area contributed by atoms with Gasteiger partial charge < -0.3 is 20.4 Å². The van der Waals surface area contributed by atoms with Gasteiger partial charge in [-0.25, -0.2) is 4.79 Å². The van der Waals surface area contributed by atoms with Gasteiger partial charge in [0, 0.05) is 0 Å². The van der Waals surface area contributed by atoms with Crippen LogP contribution in [0, 0.1) is 11.3 Å². The summed E-state index contributed by atoms with van der Waals surface area (Å²) in [6.07, 6.45) is 2.98. The SMILES string of the molecule is O=C(O)c1cccc(C2=CC(C(=O)O)C(C(=O)O)(C(=O)O)C=C2)c1. The number of aromatic carboxylic acids is 1. The van der Waals surface area contributed by atoms with Gasteiger partial charge >= 0.3 is 23.9 Å². The van der Waals surface area contributed by atoms with Gasteiger partial charge in [0.25, 0.3) is 0 Å². The molecular formula is C16H12O8. The van der Waals surface area contributed by atoms with Gasteiger partial charge in [0.2, 0.25) is 0 Å². The highest BCUT2D eigenvalue weighted by molar-refractivity contribution is 6.07. The zero-order valence-corrected chi connectivity index (χ0v) is 12.0. The van der Waals surface area contributed by atoms with Gasteiger partial charge in [-0.1, -0.05) is 30.4 Å². The second kappa shape index (κ2) is 5.99. The largest absolute Gasteiger partial charge is 0.481 e. The summed E-state index contributed by atoms with van der Waals surface area (Å²) in [4.78, 5) is 45.3. The molecule has 0 spiro atoms. The van der Waals surface area contributed by atoms with E-state index >= 15 is 0 Å². The first-order valence-electron chi connectivity index (χ1n) is 6.64. The first kappa shape index (κ1) is 16.9. The van der Waals surface area contributed by atoms with Crippen molar-refractivity contribution in [3.05, 3.63) is 53.6 Å². The average Bonchev–Trinajstić information content (AvgIpc) is 2.53. The molecule has 8 heteroatoms. The number of carboxylic acids is 4. The average molecular weight is 332 g/mol. The van der Waals surface area contributed by atoms with Crippen molar-refractivity contribution in [1.82, 2.24) is 0 Å². The maximum absolute atomic E-state index is 11.4. The Kier molecular flexibility index (Phi) is 4.23. The standard InChI is InChI=1S/C16H12O8/c17-12(18)10-3-1-2-8(6-10)9-4-5-16(14(21)22,15(23)24)11(7-9)13(19)20/h1-7,11H,(H,17,18)(H,19,20)(H,21,22)(H,23,24). The molecule has 0 amide bonds. The normalized spacial score (nSPS) is 18.5. The van der Waals surface area contributed by atoms with E-state index < -0.39 is 35.2 Å². The number of hydrogen-bond donors (Lipinski definition) is 4. The number of aliphatic carboxylic acids is 3. The fourth-order valence-corrected chi connectivity index (χ4v) is 2.48. The molecule has 0 bridgehead atoms. The van der Waals surface area contributed by atoms with E-state index in [-0.39, 0.29) is 11.1 Å². The lowest BCUT2D eigenvalue weighted by Crippen LogP contribution is -2.47. The first-order valence-corrected chi connectivity index (χ1v) is 6.64. The molecule has 0 saturated heterocycles. The third-order valence-corrected chi connectivity index (χ3v) is 3.78. The van der Waals surface area contributed by atoms with E-state index in [0.717, 1.165) is 12.2 Å². The quantitative estimate of drug-likeness (QED) is 0.587. The number of hydrogen-bond acceptors (Lipinski definition) is 4. The van der Waals surface area contributed by atoms with Gasteiger partial charge in [-0.2, -0.15) is 0 Å². The highest BCUT2D eigenvalue weighted by atomic mass is 16.4. The highest BCUT2D eigenvalue weighted by Gasteiger charge is 2.55. The van der Waals surface area contributed by atoms with E-state index in [9.17, 15) is 34.5 Å². The molecule has 1 aromatic carbocycles. The Morgan fingerprint density at radius 2 is 1.58 bits per heavy atom. The zero-order chi connectivity index (χ0) is 18.1. The van der Waals surface area contributed by atoms with Crippen molar-refractivity contribution in [2.24, 2.45) is 11.3 Å². The van der Waals surface area contributed by atoms with Gasteiger partial charge in [0.1, 0.15) is 5.92 Å². The molecule has 0 aromatic heterocycles. The molecule has 0 radical (unpaired) electrons. The van der Waals surface area contributed by atoms with Crippen LogP contribution < -0.4 is 0 Å². The summed E-state index contributed by atoms with van der Waals surface area (Å²) in [5.41, 5.74) is -2.10. The molecule has 1 unspecified atom stereocenters. The van der Waals surface area contributed by atoms with Crippen LogP contribution in [0.5, 0.6) is 0 Å². The number of carboxylic acid groups (broad SMARTS) is 4. The Labute approximate surface area is 135 Å². The molecule has 0 fully saturated rings. The van der Waals surface area contributed by atoms with Crippen molar-refractivity contribution in [3.63, 3.8) is 0 Å². The van der Waals surface area contributed by atoms with E-state index in [0.29, 0.717) is 5.56 Å². The molecule has 0 aliphatic heterocycles. The van der Waals surface area contributed by atoms with Crippen LogP contribution in [0.25, 0.3) is 5.57 Å². The molecule has 1 aliphatic carbocycles. The molecule has 2 rings (SSSR count). The fraction of sp³-hybridized carbons (Fsp3) is 0.125. The molecule has 124 valence electrons. The zero-order valence-electron chi connectivity index (χ0n) is 12.0. The molecule has 0 heterocycles. The Morgan fingerprint density at radius 1 is 0.958 bits per heavy atom. The number of benzene rings is 1. The summed E-state index contributed by atoms with van der Waals surface area (Å²) < 4.78 is 0. The Morgan fingerprint density at radius 3 is 2.08 bits per heavy atom. The first-order chi connectivity index (χ1) is 11.2. The van der Waals surface area contributed by atoms with E-state index in [1.165, 1.54) is 30.3 Å². The van der Waals surface area contributed by atoms with E-state index in [1.54, 1.807) is 0 Å². The summed E-state index contributed by atoms with van der Waals surface area (Å²) >= 11 is 0. The Hall–Kier alpha value is -3.42. The van der Waals surface area contributed by atoms with Crippen LogP contribution in [0.2, 0.25) is 0 Å². The minimum atomic E-state index is -2.63. The van der Waals surface area contributed by atoms with Crippen molar-refractivity contribution in [3.8, 4) is 0 Å². The lowest BCUT2D eigenvalue weighted by atomic mass is 9.70. The second-order valence-corrected chi connectivity index (χ2v) is 5.14. The van der Waals surface area contributed by atoms with Gasteiger partial charge in [0.15, 0.2) is 5.41 Å². The fourth-order valence-electron chi connectivity index (χ4n) is 2.48. The van der Waals surface area contributed by atoms with Crippen molar-refractivity contribution < 1.29 is 39.6 Å². The smallest absolute Gasteiger partial charge is 0.335 e. The molecule has 1 atom stereocenters.